The van der Waals surface area contributed by atoms with Gasteiger partial charge in [0.2, 0.25) is 0 Å². The van der Waals surface area contributed by atoms with Crippen LogP contribution < -0.4 is 5.32 Å². The molecule has 1 heterocycles. The normalized spacial score (nSPS) is 30.9. The molecule has 0 bridgehead atoms. The lowest BCUT2D eigenvalue weighted by molar-refractivity contribution is -0.603. The van der Waals surface area contributed by atoms with Crippen LogP contribution in [0, 0.1) is 18.4 Å². The Kier molecular flexibility index (Phi) is 2.32. The second-order valence-electron chi connectivity index (χ2n) is 3.73. The van der Waals surface area contributed by atoms with Gasteiger partial charge in [0.05, 0.1) is 19.8 Å². The minimum absolute atomic E-state index is 0.369. The van der Waals surface area contributed by atoms with Crippen LogP contribution in [0.5, 0.6) is 0 Å². The van der Waals surface area contributed by atoms with Crippen molar-refractivity contribution in [3.05, 3.63) is 7.05 Å². The van der Waals surface area contributed by atoms with Crippen molar-refractivity contribution < 1.29 is 10.1 Å². The van der Waals surface area contributed by atoms with Gasteiger partial charge in [0.25, 0.3) is 0 Å². The summed E-state index contributed by atoms with van der Waals surface area (Å²) in [6, 6.07) is 0. The summed E-state index contributed by atoms with van der Waals surface area (Å²) in [6.45, 7) is 7.43. The molecular weight excluding hydrogens is 126 g/mol. The molecule has 10 heavy (non-hydrogen) atoms. The molecule has 0 spiro atoms. The van der Waals surface area contributed by atoms with E-state index in [9.17, 15) is 0 Å². The number of rotatable bonds is 2. The van der Waals surface area contributed by atoms with Gasteiger partial charge >= 0.3 is 0 Å². The maximum atomic E-state index is 5.38. The molecular formula is C8H17NO. The molecule has 1 saturated heterocycles. The molecule has 0 amide bonds. The molecule has 1 aliphatic rings. The van der Waals surface area contributed by atoms with Gasteiger partial charge in [0, 0.05) is 5.92 Å². The Morgan fingerprint density at radius 1 is 1.70 bits per heavy atom. The van der Waals surface area contributed by atoms with Crippen molar-refractivity contribution in [1.29, 1.82) is 0 Å². The van der Waals surface area contributed by atoms with Crippen LogP contribution in [0.4, 0.5) is 0 Å². The number of ether oxygens (including phenoxy) is 1. The van der Waals surface area contributed by atoms with Crippen LogP contribution in [0.3, 0.4) is 0 Å². The number of quaternary nitrogens is 1. The van der Waals surface area contributed by atoms with E-state index in [1.165, 1.54) is 0 Å². The van der Waals surface area contributed by atoms with Crippen molar-refractivity contribution in [3.8, 4) is 0 Å². The van der Waals surface area contributed by atoms with E-state index in [4.69, 9.17) is 4.74 Å². The second kappa shape index (κ2) is 2.89. The topological polar surface area (TPSA) is 25.8 Å². The fourth-order valence-corrected chi connectivity index (χ4v) is 1.40. The van der Waals surface area contributed by atoms with Crippen molar-refractivity contribution in [2.45, 2.75) is 13.8 Å². The SMILES string of the molecule is [CH2-][NH2+]CC1COCC1(C)C. The average molecular weight is 143 g/mol. The van der Waals surface area contributed by atoms with Gasteiger partial charge < -0.3 is 10.1 Å². The highest BCUT2D eigenvalue weighted by atomic mass is 16.5. The Morgan fingerprint density at radius 3 is 2.80 bits per heavy atom. The van der Waals surface area contributed by atoms with E-state index in [-0.39, 0.29) is 0 Å². The van der Waals surface area contributed by atoms with Crippen LogP contribution in [0.25, 0.3) is 0 Å². The highest BCUT2D eigenvalue weighted by Gasteiger charge is 2.35. The van der Waals surface area contributed by atoms with Crippen LogP contribution in [0.2, 0.25) is 0 Å². The van der Waals surface area contributed by atoms with Crippen LogP contribution in [-0.2, 0) is 4.74 Å². The quantitative estimate of drug-likeness (QED) is 0.542. The van der Waals surface area contributed by atoms with Crippen molar-refractivity contribution in [2.75, 3.05) is 19.8 Å². The molecule has 0 saturated carbocycles. The molecule has 1 fully saturated rings. The van der Waals surface area contributed by atoms with Crippen molar-refractivity contribution in [1.82, 2.24) is 0 Å². The maximum absolute atomic E-state index is 5.38. The molecule has 0 aliphatic carbocycles. The summed E-state index contributed by atoms with van der Waals surface area (Å²) < 4.78 is 5.38. The van der Waals surface area contributed by atoms with Gasteiger partial charge in [-0.15, -0.1) is 0 Å². The predicted octanol–water partition coefficient (Wildman–Crippen LogP) is 0.0140. The zero-order valence-corrected chi connectivity index (χ0v) is 6.89. The Morgan fingerprint density at radius 2 is 2.40 bits per heavy atom. The van der Waals surface area contributed by atoms with Gasteiger partial charge in [-0.3, -0.25) is 0 Å². The molecule has 1 rings (SSSR count). The minimum atomic E-state index is 0.369. The first kappa shape index (κ1) is 8.02. The zero-order valence-electron chi connectivity index (χ0n) is 6.89. The van der Waals surface area contributed by atoms with Gasteiger partial charge in [0.15, 0.2) is 0 Å². The van der Waals surface area contributed by atoms with E-state index in [0.717, 1.165) is 19.8 Å². The average Bonchev–Trinajstić information content (AvgIpc) is 2.13. The molecule has 2 heteroatoms. The lowest BCUT2D eigenvalue weighted by Crippen LogP contribution is -2.79. The van der Waals surface area contributed by atoms with Crippen LogP contribution in [-0.4, -0.2) is 19.8 Å². The van der Waals surface area contributed by atoms with Crippen LogP contribution in [0.1, 0.15) is 13.8 Å². The van der Waals surface area contributed by atoms with E-state index in [0.29, 0.717) is 11.3 Å². The van der Waals surface area contributed by atoms with Gasteiger partial charge in [-0.2, -0.15) is 7.05 Å². The van der Waals surface area contributed by atoms with Crippen LogP contribution >= 0.6 is 0 Å². The van der Waals surface area contributed by atoms with E-state index in [1.807, 2.05) is 5.32 Å². The third-order valence-corrected chi connectivity index (χ3v) is 2.35. The largest absolute Gasteiger partial charge is 0.479 e. The molecule has 1 aliphatic heterocycles. The molecule has 2 N–H and O–H groups in total. The first-order valence-corrected chi connectivity index (χ1v) is 3.85. The molecule has 0 aromatic rings. The summed E-state index contributed by atoms with van der Waals surface area (Å²) in [6.07, 6.45) is 0. The third-order valence-electron chi connectivity index (χ3n) is 2.35. The van der Waals surface area contributed by atoms with Crippen molar-refractivity contribution in [2.24, 2.45) is 11.3 Å². The summed E-state index contributed by atoms with van der Waals surface area (Å²) in [5, 5.41) is 1.99. The Balaban J connectivity index is 2.43. The van der Waals surface area contributed by atoms with E-state index in [2.05, 4.69) is 20.9 Å². The second-order valence-corrected chi connectivity index (χ2v) is 3.73. The fourth-order valence-electron chi connectivity index (χ4n) is 1.40. The Hall–Kier alpha value is -0.0800. The predicted molar refractivity (Wildman–Crippen MR) is 40.2 cm³/mol. The lowest BCUT2D eigenvalue weighted by atomic mass is 9.82. The number of hydrogen-bond acceptors (Lipinski definition) is 1. The summed E-state index contributed by atoms with van der Waals surface area (Å²) in [7, 11) is 3.73. The molecule has 0 aromatic carbocycles. The summed E-state index contributed by atoms with van der Waals surface area (Å²) >= 11 is 0. The monoisotopic (exact) mass is 143 g/mol. The van der Waals surface area contributed by atoms with E-state index >= 15 is 0 Å². The zero-order chi connectivity index (χ0) is 7.61. The standard InChI is InChI=1S/C8H17NO/c1-8(2)6-10-5-7(8)4-9-3/h7H,3-6,9H2,1-2H3. The highest BCUT2D eigenvalue weighted by Crippen LogP contribution is 2.31. The molecule has 0 aromatic heterocycles. The summed E-state index contributed by atoms with van der Waals surface area (Å²) in [4.78, 5) is 0. The Labute approximate surface area is 63.0 Å². The summed E-state index contributed by atoms with van der Waals surface area (Å²) in [5.41, 5.74) is 0.369. The fraction of sp³-hybridized carbons (Fsp3) is 0.875. The van der Waals surface area contributed by atoms with Crippen LogP contribution in [0.15, 0.2) is 0 Å². The third kappa shape index (κ3) is 1.50. The summed E-state index contributed by atoms with van der Waals surface area (Å²) in [5.74, 6) is 0.685. The first-order chi connectivity index (χ1) is 4.67. The Bertz CT molecular complexity index is 112. The van der Waals surface area contributed by atoms with Crippen molar-refractivity contribution >= 4 is 0 Å². The molecule has 2 nitrogen and oxygen atoms in total. The van der Waals surface area contributed by atoms with Gasteiger partial charge in [-0.05, 0) is 5.41 Å². The smallest absolute Gasteiger partial charge is 0.0572 e. The number of hydrogen-bond donors (Lipinski definition) is 1. The van der Waals surface area contributed by atoms with Gasteiger partial charge in [-0.25, -0.2) is 0 Å². The highest BCUT2D eigenvalue weighted by molar-refractivity contribution is 4.81. The number of nitrogens with two attached hydrogens (primary N) is 1. The van der Waals surface area contributed by atoms with Crippen molar-refractivity contribution in [3.63, 3.8) is 0 Å². The van der Waals surface area contributed by atoms with E-state index in [1.54, 1.807) is 0 Å². The maximum Gasteiger partial charge on any atom is 0.0572 e. The molecule has 0 radical (unpaired) electrons. The molecule has 1 unspecified atom stereocenters. The van der Waals surface area contributed by atoms with Gasteiger partial charge in [-0.1, -0.05) is 13.8 Å². The first-order valence-electron chi connectivity index (χ1n) is 3.85. The van der Waals surface area contributed by atoms with E-state index < -0.39 is 0 Å². The molecule has 1 atom stereocenters. The molecule has 60 valence electrons. The van der Waals surface area contributed by atoms with Gasteiger partial charge in [0.1, 0.15) is 0 Å². The minimum Gasteiger partial charge on any atom is -0.479 e. The lowest BCUT2D eigenvalue weighted by Gasteiger charge is -2.23.